The number of nitrogens with one attached hydrogen (secondary N) is 1. The summed E-state index contributed by atoms with van der Waals surface area (Å²) in [6, 6.07) is 10.6. The van der Waals surface area contributed by atoms with Gasteiger partial charge in [0.1, 0.15) is 0 Å². The van der Waals surface area contributed by atoms with Crippen molar-refractivity contribution in [2.24, 2.45) is 0 Å². The van der Waals surface area contributed by atoms with Crippen LogP contribution in [-0.2, 0) is 13.0 Å². The van der Waals surface area contributed by atoms with E-state index < -0.39 is 0 Å². The fraction of sp³-hybridized carbons (Fsp3) is 0.312. The van der Waals surface area contributed by atoms with Gasteiger partial charge in [0.05, 0.1) is 0 Å². The molecular formula is C16H20N2. The number of benzene rings is 1. The van der Waals surface area contributed by atoms with Gasteiger partial charge in [0.15, 0.2) is 0 Å². The van der Waals surface area contributed by atoms with Gasteiger partial charge in [-0.05, 0) is 55.1 Å². The standard InChI is InChI=1S/C16H20N2/c1-13-5-3-7-16(14(13)2)12-18-10-8-15-6-4-9-17-11-15/h3-7,9,11,18H,8,10,12H2,1-2H3. The molecule has 1 heterocycles. The number of rotatable bonds is 5. The first kappa shape index (κ1) is 12.8. The third-order valence-corrected chi connectivity index (χ3v) is 3.35. The summed E-state index contributed by atoms with van der Waals surface area (Å²) >= 11 is 0. The summed E-state index contributed by atoms with van der Waals surface area (Å²) in [4.78, 5) is 4.12. The summed E-state index contributed by atoms with van der Waals surface area (Å²) in [6.45, 7) is 6.27. The largest absolute Gasteiger partial charge is 0.312 e. The second-order valence-electron chi connectivity index (χ2n) is 4.65. The maximum absolute atomic E-state index is 4.12. The van der Waals surface area contributed by atoms with Crippen molar-refractivity contribution >= 4 is 0 Å². The molecule has 0 spiro atoms. The van der Waals surface area contributed by atoms with Crippen LogP contribution in [0.5, 0.6) is 0 Å². The zero-order valence-corrected chi connectivity index (χ0v) is 11.1. The number of hydrogen-bond acceptors (Lipinski definition) is 2. The molecule has 0 saturated heterocycles. The molecule has 2 aromatic rings. The molecule has 0 aliphatic rings. The van der Waals surface area contributed by atoms with Gasteiger partial charge in [-0.2, -0.15) is 0 Å². The molecule has 0 unspecified atom stereocenters. The maximum atomic E-state index is 4.12. The lowest BCUT2D eigenvalue weighted by Crippen LogP contribution is -2.17. The molecule has 2 nitrogen and oxygen atoms in total. The molecule has 18 heavy (non-hydrogen) atoms. The smallest absolute Gasteiger partial charge is 0.0300 e. The van der Waals surface area contributed by atoms with Gasteiger partial charge in [-0.1, -0.05) is 24.3 Å². The molecule has 0 saturated carbocycles. The lowest BCUT2D eigenvalue weighted by Gasteiger charge is -2.09. The van der Waals surface area contributed by atoms with Gasteiger partial charge in [-0.15, -0.1) is 0 Å². The van der Waals surface area contributed by atoms with Crippen molar-refractivity contribution in [3.63, 3.8) is 0 Å². The fourth-order valence-electron chi connectivity index (χ4n) is 2.01. The summed E-state index contributed by atoms with van der Waals surface area (Å²) in [7, 11) is 0. The molecule has 2 heteroatoms. The number of nitrogens with zero attached hydrogens (tertiary/aromatic N) is 1. The Bertz CT molecular complexity index is 492. The molecule has 94 valence electrons. The Hall–Kier alpha value is -1.67. The molecule has 1 aromatic carbocycles. The van der Waals surface area contributed by atoms with Crippen LogP contribution in [0.25, 0.3) is 0 Å². The zero-order valence-electron chi connectivity index (χ0n) is 11.1. The molecule has 0 amide bonds. The van der Waals surface area contributed by atoms with E-state index in [1.165, 1.54) is 22.3 Å². The number of hydrogen-bond donors (Lipinski definition) is 1. The Morgan fingerprint density at radius 3 is 2.78 bits per heavy atom. The predicted octanol–water partition coefficient (Wildman–Crippen LogP) is 3.03. The lowest BCUT2D eigenvalue weighted by molar-refractivity contribution is 0.683. The van der Waals surface area contributed by atoms with Crippen molar-refractivity contribution in [2.45, 2.75) is 26.8 Å². The third-order valence-electron chi connectivity index (χ3n) is 3.35. The number of aromatic nitrogens is 1. The minimum Gasteiger partial charge on any atom is -0.312 e. The van der Waals surface area contributed by atoms with E-state index in [1.54, 1.807) is 0 Å². The van der Waals surface area contributed by atoms with Crippen LogP contribution in [0.15, 0.2) is 42.7 Å². The average Bonchev–Trinajstić information content (AvgIpc) is 2.40. The zero-order chi connectivity index (χ0) is 12.8. The van der Waals surface area contributed by atoms with Crippen molar-refractivity contribution in [1.82, 2.24) is 10.3 Å². The predicted molar refractivity (Wildman–Crippen MR) is 75.6 cm³/mol. The molecule has 0 aliphatic carbocycles. The SMILES string of the molecule is Cc1cccc(CNCCc2cccnc2)c1C. The Morgan fingerprint density at radius 2 is 2.00 bits per heavy atom. The minimum absolute atomic E-state index is 0.938. The monoisotopic (exact) mass is 240 g/mol. The second kappa shape index (κ2) is 6.31. The summed E-state index contributed by atoms with van der Waals surface area (Å²) in [5.41, 5.74) is 5.43. The molecule has 0 fully saturated rings. The van der Waals surface area contributed by atoms with Gasteiger partial charge < -0.3 is 5.32 Å². The normalized spacial score (nSPS) is 10.6. The van der Waals surface area contributed by atoms with E-state index in [4.69, 9.17) is 0 Å². The molecule has 2 rings (SSSR count). The Morgan fingerprint density at radius 1 is 1.11 bits per heavy atom. The van der Waals surface area contributed by atoms with Gasteiger partial charge in [-0.3, -0.25) is 4.98 Å². The van der Waals surface area contributed by atoms with Gasteiger partial charge in [0.25, 0.3) is 0 Å². The maximum Gasteiger partial charge on any atom is 0.0300 e. The minimum atomic E-state index is 0.938. The molecule has 1 aromatic heterocycles. The van der Waals surface area contributed by atoms with E-state index in [2.05, 4.69) is 48.4 Å². The van der Waals surface area contributed by atoms with E-state index in [1.807, 2.05) is 18.5 Å². The van der Waals surface area contributed by atoms with Gasteiger partial charge >= 0.3 is 0 Å². The van der Waals surface area contributed by atoms with E-state index in [0.29, 0.717) is 0 Å². The van der Waals surface area contributed by atoms with Crippen LogP contribution in [0.2, 0.25) is 0 Å². The average molecular weight is 240 g/mol. The summed E-state index contributed by atoms with van der Waals surface area (Å²) in [5, 5.41) is 3.49. The van der Waals surface area contributed by atoms with E-state index in [9.17, 15) is 0 Å². The van der Waals surface area contributed by atoms with Crippen molar-refractivity contribution in [2.75, 3.05) is 6.54 Å². The van der Waals surface area contributed by atoms with Crippen LogP contribution in [-0.4, -0.2) is 11.5 Å². The topological polar surface area (TPSA) is 24.9 Å². The first-order valence-electron chi connectivity index (χ1n) is 6.42. The van der Waals surface area contributed by atoms with E-state index >= 15 is 0 Å². The Labute approximate surface area is 109 Å². The van der Waals surface area contributed by atoms with Crippen molar-refractivity contribution in [3.05, 3.63) is 65.0 Å². The third kappa shape index (κ3) is 3.41. The fourth-order valence-corrected chi connectivity index (χ4v) is 2.01. The Kier molecular flexibility index (Phi) is 4.48. The first-order chi connectivity index (χ1) is 8.77. The molecule has 1 N–H and O–H groups in total. The molecule has 0 atom stereocenters. The molecule has 0 aliphatic heterocycles. The van der Waals surface area contributed by atoms with Gasteiger partial charge in [-0.25, -0.2) is 0 Å². The summed E-state index contributed by atoms with van der Waals surface area (Å²) < 4.78 is 0. The van der Waals surface area contributed by atoms with E-state index in [0.717, 1.165) is 19.5 Å². The van der Waals surface area contributed by atoms with E-state index in [-0.39, 0.29) is 0 Å². The highest BCUT2D eigenvalue weighted by Gasteiger charge is 2.00. The van der Waals surface area contributed by atoms with Crippen molar-refractivity contribution < 1.29 is 0 Å². The van der Waals surface area contributed by atoms with Crippen LogP contribution in [0.1, 0.15) is 22.3 Å². The van der Waals surface area contributed by atoms with Crippen LogP contribution < -0.4 is 5.32 Å². The Balaban J connectivity index is 1.81. The number of aryl methyl sites for hydroxylation is 1. The highest BCUT2D eigenvalue weighted by atomic mass is 14.8. The van der Waals surface area contributed by atoms with Crippen molar-refractivity contribution in [1.29, 1.82) is 0 Å². The van der Waals surface area contributed by atoms with Gasteiger partial charge in [0, 0.05) is 18.9 Å². The molecule has 0 bridgehead atoms. The summed E-state index contributed by atoms with van der Waals surface area (Å²) in [6.07, 6.45) is 4.77. The van der Waals surface area contributed by atoms with Crippen molar-refractivity contribution in [3.8, 4) is 0 Å². The second-order valence-corrected chi connectivity index (χ2v) is 4.65. The lowest BCUT2D eigenvalue weighted by atomic mass is 10.0. The highest BCUT2D eigenvalue weighted by Crippen LogP contribution is 2.12. The van der Waals surface area contributed by atoms with Crippen LogP contribution in [0.3, 0.4) is 0 Å². The van der Waals surface area contributed by atoms with Crippen LogP contribution in [0, 0.1) is 13.8 Å². The quantitative estimate of drug-likeness (QED) is 0.813. The first-order valence-corrected chi connectivity index (χ1v) is 6.42. The molecular weight excluding hydrogens is 220 g/mol. The van der Waals surface area contributed by atoms with Gasteiger partial charge in [0.2, 0.25) is 0 Å². The van der Waals surface area contributed by atoms with Crippen LogP contribution in [0.4, 0.5) is 0 Å². The number of pyridine rings is 1. The summed E-state index contributed by atoms with van der Waals surface area (Å²) in [5.74, 6) is 0. The van der Waals surface area contributed by atoms with Crippen LogP contribution >= 0.6 is 0 Å². The highest BCUT2D eigenvalue weighted by molar-refractivity contribution is 5.32. The molecule has 0 radical (unpaired) electrons.